The summed E-state index contributed by atoms with van der Waals surface area (Å²) in [6.07, 6.45) is 0. The van der Waals surface area contributed by atoms with Gasteiger partial charge in [0.05, 0.1) is 7.11 Å². The summed E-state index contributed by atoms with van der Waals surface area (Å²) in [5, 5.41) is 2.52. The van der Waals surface area contributed by atoms with E-state index < -0.39 is 6.03 Å². The van der Waals surface area contributed by atoms with Gasteiger partial charge in [-0.15, -0.1) is 0 Å². The fourth-order valence-electron chi connectivity index (χ4n) is 1.67. The molecule has 0 saturated carbocycles. The van der Waals surface area contributed by atoms with Crippen LogP contribution in [0.3, 0.4) is 0 Å². The molecule has 92 valence electrons. The van der Waals surface area contributed by atoms with Gasteiger partial charge in [0.1, 0.15) is 5.75 Å². The number of carbonyl (C=O) groups is 1. The molecule has 0 spiro atoms. The number of amides is 2. The highest BCUT2D eigenvalue weighted by molar-refractivity contribution is 5.88. The van der Waals surface area contributed by atoms with Gasteiger partial charge in [0.25, 0.3) is 0 Å². The van der Waals surface area contributed by atoms with Gasteiger partial charge in [-0.3, -0.25) is 0 Å². The number of rotatable bonds is 3. The van der Waals surface area contributed by atoms with Gasteiger partial charge in [-0.25, -0.2) is 4.79 Å². The van der Waals surface area contributed by atoms with Crippen LogP contribution >= 0.6 is 0 Å². The van der Waals surface area contributed by atoms with E-state index in [9.17, 15) is 4.79 Å². The molecule has 0 saturated heterocycles. The maximum Gasteiger partial charge on any atom is 0.316 e. The van der Waals surface area contributed by atoms with Crippen molar-refractivity contribution >= 4 is 11.7 Å². The lowest BCUT2D eigenvalue weighted by molar-refractivity contribution is 0.259. The third kappa shape index (κ3) is 2.79. The van der Waals surface area contributed by atoms with Crippen molar-refractivity contribution in [2.45, 2.75) is 0 Å². The second-order valence-corrected chi connectivity index (χ2v) is 3.80. The Bertz CT molecular complexity index is 533. The topological polar surface area (TPSA) is 64.3 Å². The Balaban J connectivity index is 2.20. The van der Waals surface area contributed by atoms with Crippen LogP contribution in [0.15, 0.2) is 48.5 Å². The van der Waals surface area contributed by atoms with Crippen LogP contribution < -0.4 is 15.8 Å². The largest absolute Gasteiger partial charge is 0.497 e. The van der Waals surface area contributed by atoms with Crippen molar-refractivity contribution in [3.63, 3.8) is 0 Å². The highest BCUT2D eigenvalue weighted by Gasteiger charge is 2.00. The number of methoxy groups -OCH3 is 1. The average Bonchev–Trinajstić information content (AvgIpc) is 2.39. The van der Waals surface area contributed by atoms with Gasteiger partial charge in [0.2, 0.25) is 0 Å². The van der Waals surface area contributed by atoms with Crippen molar-refractivity contribution in [2.24, 2.45) is 5.73 Å². The number of hydrogen-bond acceptors (Lipinski definition) is 2. The third-order valence-corrected chi connectivity index (χ3v) is 2.58. The second kappa shape index (κ2) is 5.23. The summed E-state index contributed by atoms with van der Waals surface area (Å²) in [6, 6.07) is 14.7. The summed E-state index contributed by atoms with van der Waals surface area (Å²) in [4.78, 5) is 10.7. The van der Waals surface area contributed by atoms with Gasteiger partial charge in [-0.05, 0) is 35.4 Å². The highest BCUT2D eigenvalue weighted by atomic mass is 16.5. The van der Waals surface area contributed by atoms with Crippen LogP contribution in [0.4, 0.5) is 10.5 Å². The van der Waals surface area contributed by atoms with E-state index >= 15 is 0 Å². The normalized spacial score (nSPS) is 9.83. The fourth-order valence-corrected chi connectivity index (χ4v) is 1.67. The molecule has 2 aromatic rings. The van der Waals surface area contributed by atoms with Crippen molar-refractivity contribution in [1.29, 1.82) is 0 Å². The molecule has 2 aromatic carbocycles. The smallest absolute Gasteiger partial charge is 0.316 e. The molecule has 0 atom stereocenters. The quantitative estimate of drug-likeness (QED) is 0.869. The minimum Gasteiger partial charge on any atom is -0.497 e. The highest BCUT2D eigenvalue weighted by Crippen LogP contribution is 2.23. The number of hydrogen-bond donors (Lipinski definition) is 2. The van der Waals surface area contributed by atoms with Crippen molar-refractivity contribution in [1.82, 2.24) is 0 Å². The number of anilines is 1. The molecule has 0 aliphatic heterocycles. The van der Waals surface area contributed by atoms with Crippen LogP contribution in [-0.4, -0.2) is 13.1 Å². The van der Waals surface area contributed by atoms with E-state index in [1.165, 1.54) is 0 Å². The van der Waals surface area contributed by atoms with Gasteiger partial charge in [-0.2, -0.15) is 0 Å². The maximum atomic E-state index is 10.7. The molecule has 2 rings (SSSR count). The van der Waals surface area contributed by atoms with E-state index in [2.05, 4.69) is 5.32 Å². The molecule has 0 radical (unpaired) electrons. The minimum atomic E-state index is -0.563. The number of primary amides is 1. The molecule has 0 bridgehead atoms. The van der Waals surface area contributed by atoms with Crippen molar-refractivity contribution in [2.75, 3.05) is 12.4 Å². The molecular weight excluding hydrogens is 228 g/mol. The summed E-state index contributed by atoms with van der Waals surface area (Å²) < 4.78 is 5.11. The predicted molar refractivity (Wildman–Crippen MR) is 71.6 cm³/mol. The van der Waals surface area contributed by atoms with Crippen LogP contribution in [0.5, 0.6) is 5.75 Å². The van der Waals surface area contributed by atoms with Gasteiger partial charge in [0.15, 0.2) is 0 Å². The standard InChI is InChI=1S/C14H14N2O2/c1-18-13-8-4-11(5-9-13)10-2-6-12(7-3-10)16-14(15)17/h2-9H,1H3,(H3,15,16,17). The van der Waals surface area contributed by atoms with Gasteiger partial charge in [0, 0.05) is 5.69 Å². The van der Waals surface area contributed by atoms with E-state index in [1.54, 1.807) is 7.11 Å². The zero-order valence-corrected chi connectivity index (χ0v) is 10.0. The SMILES string of the molecule is COc1ccc(-c2ccc(NC(N)=O)cc2)cc1. The van der Waals surface area contributed by atoms with E-state index in [-0.39, 0.29) is 0 Å². The van der Waals surface area contributed by atoms with E-state index in [0.717, 1.165) is 16.9 Å². The molecule has 2 amide bonds. The van der Waals surface area contributed by atoms with Crippen LogP contribution in [0.1, 0.15) is 0 Å². The number of nitrogens with one attached hydrogen (secondary N) is 1. The number of ether oxygens (including phenoxy) is 1. The zero-order chi connectivity index (χ0) is 13.0. The van der Waals surface area contributed by atoms with Crippen LogP contribution in [0.2, 0.25) is 0 Å². The Morgan fingerprint density at radius 2 is 1.50 bits per heavy atom. The van der Waals surface area contributed by atoms with E-state index in [0.29, 0.717) is 5.69 Å². The first kappa shape index (κ1) is 12.0. The Morgan fingerprint density at radius 3 is 1.94 bits per heavy atom. The lowest BCUT2D eigenvalue weighted by Gasteiger charge is -2.05. The third-order valence-electron chi connectivity index (χ3n) is 2.58. The van der Waals surface area contributed by atoms with E-state index in [4.69, 9.17) is 10.5 Å². The molecule has 0 fully saturated rings. The summed E-state index contributed by atoms with van der Waals surface area (Å²) >= 11 is 0. The van der Waals surface area contributed by atoms with Crippen molar-refractivity contribution in [3.05, 3.63) is 48.5 Å². The number of benzene rings is 2. The van der Waals surface area contributed by atoms with E-state index in [1.807, 2.05) is 48.5 Å². The molecule has 0 aliphatic carbocycles. The monoisotopic (exact) mass is 242 g/mol. The molecule has 0 aromatic heterocycles. The lowest BCUT2D eigenvalue weighted by atomic mass is 10.1. The van der Waals surface area contributed by atoms with Gasteiger partial charge < -0.3 is 15.8 Å². The molecule has 0 heterocycles. The zero-order valence-electron chi connectivity index (χ0n) is 10.0. The number of nitrogens with two attached hydrogens (primary N) is 1. The molecule has 0 aliphatic rings. The Hall–Kier alpha value is -2.49. The maximum absolute atomic E-state index is 10.7. The lowest BCUT2D eigenvalue weighted by Crippen LogP contribution is -2.19. The van der Waals surface area contributed by atoms with Crippen LogP contribution in [0.25, 0.3) is 11.1 Å². The number of carbonyl (C=O) groups excluding carboxylic acids is 1. The molecule has 18 heavy (non-hydrogen) atoms. The van der Waals surface area contributed by atoms with Crippen molar-refractivity contribution in [3.8, 4) is 16.9 Å². The first-order chi connectivity index (χ1) is 8.69. The first-order valence-corrected chi connectivity index (χ1v) is 5.50. The molecule has 3 N–H and O–H groups in total. The molecular formula is C14H14N2O2. The summed E-state index contributed by atoms with van der Waals surface area (Å²) in [6.45, 7) is 0. The molecule has 0 unspecified atom stereocenters. The van der Waals surface area contributed by atoms with Gasteiger partial charge >= 0.3 is 6.03 Å². The molecule has 4 heteroatoms. The molecule has 4 nitrogen and oxygen atoms in total. The summed E-state index contributed by atoms with van der Waals surface area (Å²) in [5.41, 5.74) is 7.87. The average molecular weight is 242 g/mol. The Labute approximate surface area is 105 Å². The van der Waals surface area contributed by atoms with Crippen molar-refractivity contribution < 1.29 is 9.53 Å². The summed E-state index contributed by atoms with van der Waals surface area (Å²) in [5.74, 6) is 0.825. The van der Waals surface area contributed by atoms with Gasteiger partial charge in [-0.1, -0.05) is 24.3 Å². The predicted octanol–water partition coefficient (Wildman–Crippen LogP) is 2.85. The minimum absolute atomic E-state index is 0.563. The van der Waals surface area contributed by atoms with Crippen LogP contribution in [0, 0.1) is 0 Å². The Morgan fingerprint density at radius 1 is 1.00 bits per heavy atom. The van der Waals surface area contributed by atoms with Crippen LogP contribution in [-0.2, 0) is 0 Å². The summed E-state index contributed by atoms with van der Waals surface area (Å²) in [7, 11) is 1.64. The first-order valence-electron chi connectivity index (χ1n) is 5.50. The Kier molecular flexibility index (Phi) is 3.48. The second-order valence-electron chi connectivity index (χ2n) is 3.80. The number of urea groups is 1. The fraction of sp³-hybridized carbons (Fsp3) is 0.0714.